The average Bonchev–Trinajstić information content (AvgIpc) is 2.53. The van der Waals surface area contributed by atoms with Crippen LogP contribution in [0.1, 0.15) is 58.9 Å². The van der Waals surface area contributed by atoms with Gasteiger partial charge >= 0.3 is 0 Å². The molecule has 0 amide bonds. The van der Waals surface area contributed by atoms with Crippen LogP contribution < -0.4 is 0 Å². The molecular formula is C21H30. The molecule has 2 aromatic rings. The quantitative estimate of drug-likeness (QED) is 0.531. The van der Waals surface area contributed by atoms with E-state index in [0.29, 0.717) is 11.3 Å². The number of fused-ring (bicyclic) bond motifs is 1. The van der Waals surface area contributed by atoms with E-state index in [2.05, 4.69) is 76.7 Å². The Kier molecular flexibility index (Phi) is 6.68. The predicted octanol–water partition coefficient (Wildman–Crippen LogP) is 6.96. The molecule has 0 aliphatic carbocycles. The Hall–Kier alpha value is -1.56. The van der Waals surface area contributed by atoms with Gasteiger partial charge in [0.15, 0.2) is 0 Å². The van der Waals surface area contributed by atoms with E-state index in [1.54, 1.807) is 6.08 Å². The maximum atomic E-state index is 3.36. The molecule has 0 spiro atoms. The highest BCUT2D eigenvalue weighted by atomic mass is 14.3. The summed E-state index contributed by atoms with van der Waals surface area (Å²) in [6.45, 7) is 14.6. The molecule has 2 rings (SSSR count). The molecule has 0 saturated carbocycles. The minimum Gasteiger partial charge on any atom is -0.103 e. The van der Waals surface area contributed by atoms with E-state index in [4.69, 9.17) is 0 Å². The highest BCUT2D eigenvalue weighted by Gasteiger charge is 2.28. The maximum absolute atomic E-state index is 3.36. The number of hydrogen-bond donors (Lipinski definition) is 0. The summed E-state index contributed by atoms with van der Waals surface area (Å²) in [5, 5.41) is 2.69. The fourth-order valence-electron chi connectivity index (χ4n) is 2.74. The molecule has 0 saturated heterocycles. The van der Waals surface area contributed by atoms with Crippen molar-refractivity contribution in [2.24, 2.45) is 5.41 Å². The molecule has 0 heterocycles. The molecule has 0 heteroatoms. The van der Waals surface area contributed by atoms with Crippen LogP contribution in [0, 0.1) is 5.41 Å². The zero-order valence-corrected chi connectivity index (χ0v) is 14.3. The molecule has 1 atom stereocenters. The molecule has 2 aromatic carbocycles. The molecule has 0 aliphatic rings. The van der Waals surface area contributed by atoms with Crippen molar-refractivity contribution in [3.63, 3.8) is 0 Å². The fraction of sp³-hybridized carbons (Fsp3) is 0.429. The van der Waals surface area contributed by atoms with E-state index in [1.165, 1.54) is 29.2 Å². The Morgan fingerprint density at radius 1 is 1.05 bits per heavy atom. The monoisotopic (exact) mass is 282 g/mol. The summed E-state index contributed by atoms with van der Waals surface area (Å²) in [7, 11) is 0. The summed E-state index contributed by atoms with van der Waals surface area (Å²) in [5.41, 5.74) is 1.88. The lowest BCUT2D eigenvalue weighted by molar-refractivity contribution is 0.243. The first kappa shape index (κ1) is 17.5. The molecule has 0 radical (unpaired) electrons. The third-order valence-corrected chi connectivity index (χ3v) is 4.93. The van der Waals surface area contributed by atoms with Crippen LogP contribution in [0.2, 0.25) is 0 Å². The highest BCUT2D eigenvalue weighted by molar-refractivity contribution is 5.83. The summed E-state index contributed by atoms with van der Waals surface area (Å²) >= 11 is 0. The summed E-state index contributed by atoms with van der Waals surface area (Å²) in [6.07, 6.45) is 4.22. The SMILES string of the molecule is C=CC.CCC(C)(CC)C(C)c1ccc2ccccc2c1. The van der Waals surface area contributed by atoms with Crippen LogP contribution in [-0.4, -0.2) is 0 Å². The summed E-state index contributed by atoms with van der Waals surface area (Å²) in [5.74, 6) is 0.608. The zero-order valence-electron chi connectivity index (χ0n) is 14.3. The molecule has 0 aromatic heterocycles. The first-order valence-corrected chi connectivity index (χ1v) is 8.08. The van der Waals surface area contributed by atoms with Gasteiger partial charge in [0, 0.05) is 0 Å². The van der Waals surface area contributed by atoms with Crippen LogP contribution in [0.25, 0.3) is 10.8 Å². The van der Waals surface area contributed by atoms with Gasteiger partial charge in [0.05, 0.1) is 0 Å². The Balaban J connectivity index is 0.000000677. The number of benzene rings is 2. The Morgan fingerprint density at radius 3 is 2.10 bits per heavy atom. The first-order valence-electron chi connectivity index (χ1n) is 8.08. The van der Waals surface area contributed by atoms with Crippen molar-refractivity contribution in [3.05, 3.63) is 60.7 Å². The second kappa shape index (κ2) is 8.02. The maximum Gasteiger partial charge on any atom is -0.0136 e. The van der Waals surface area contributed by atoms with Gasteiger partial charge < -0.3 is 0 Å². The van der Waals surface area contributed by atoms with Crippen molar-refractivity contribution in [2.75, 3.05) is 0 Å². The molecule has 0 fully saturated rings. The van der Waals surface area contributed by atoms with Gasteiger partial charge in [0.1, 0.15) is 0 Å². The van der Waals surface area contributed by atoms with Crippen LogP contribution in [0.15, 0.2) is 55.1 Å². The van der Waals surface area contributed by atoms with Gasteiger partial charge in [-0.25, -0.2) is 0 Å². The number of rotatable bonds is 4. The lowest BCUT2D eigenvalue weighted by Gasteiger charge is -2.34. The highest BCUT2D eigenvalue weighted by Crippen LogP contribution is 2.41. The lowest BCUT2D eigenvalue weighted by Crippen LogP contribution is -2.22. The van der Waals surface area contributed by atoms with Gasteiger partial charge in [-0.3, -0.25) is 0 Å². The van der Waals surface area contributed by atoms with Crippen molar-refractivity contribution < 1.29 is 0 Å². The zero-order chi connectivity index (χ0) is 15.9. The third-order valence-electron chi connectivity index (χ3n) is 4.93. The predicted molar refractivity (Wildman–Crippen MR) is 96.9 cm³/mol. The second-order valence-electron chi connectivity index (χ2n) is 6.10. The summed E-state index contributed by atoms with van der Waals surface area (Å²) in [4.78, 5) is 0. The molecule has 0 bridgehead atoms. The number of hydrogen-bond acceptors (Lipinski definition) is 0. The van der Waals surface area contributed by atoms with Gasteiger partial charge in [0.2, 0.25) is 0 Å². The van der Waals surface area contributed by atoms with Crippen molar-refractivity contribution in [2.45, 2.75) is 53.4 Å². The first-order chi connectivity index (χ1) is 10.0. The van der Waals surface area contributed by atoms with Crippen molar-refractivity contribution in [3.8, 4) is 0 Å². The molecule has 0 N–H and O–H groups in total. The Bertz CT molecular complexity index is 561. The molecule has 21 heavy (non-hydrogen) atoms. The third kappa shape index (κ3) is 4.20. The van der Waals surface area contributed by atoms with E-state index < -0.39 is 0 Å². The van der Waals surface area contributed by atoms with Gasteiger partial charge in [-0.05, 0) is 34.6 Å². The minimum atomic E-state index is 0.405. The molecule has 0 nitrogen and oxygen atoms in total. The normalized spacial score (nSPS) is 12.4. The van der Waals surface area contributed by atoms with E-state index in [9.17, 15) is 0 Å². The van der Waals surface area contributed by atoms with Gasteiger partial charge in [0.25, 0.3) is 0 Å². The molecule has 114 valence electrons. The van der Waals surface area contributed by atoms with Crippen molar-refractivity contribution in [1.82, 2.24) is 0 Å². The van der Waals surface area contributed by atoms with Crippen LogP contribution in [0.4, 0.5) is 0 Å². The van der Waals surface area contributed by atoms with E-state index in [1.807, 2.05) is 6.92 Å². The molecule has 1 unspecified atom stereocenters. The van der Waals surface area contributed by atoms with Crippen molar-refractivity contribution >= 4 is 10.8 Å². The van der Waals surface area contributed by atoms with Gasteiger partial charge in [-0.1, -0.05) is 89.1 Å². The van der Waals surface area contributed by atoms with Crippen LogP contribution >= 0.6 is 0 Å². The van der Waals surface area contributed by atoms with Gasteiger partial charge in [-0.2, -0.15) is 0 Å². The largest absolute Gasteiger partial charge is 0.103 e. The smallest absolute Gasteiger partial charge is 0.0136 e. The van der Waals surface area contributed by atoms with Crippen LogP contribution in [0.3, 0.4) is 0 Å². The van der Waals surface area contributed by atoms with E-state index in [-0.39, 0.29) is 0 Å². The standard InChI is InChI=1S/C18H24.C3H6/c1-5-18(4,6-2)14(3)16-12-11-15-9-7-8-10-17(15)13-16;1-3-2/h7-14H,5-6H2,1-4H3;3H,1H2,2H3. The number of allylic oxidation sites excluding steroid dienone is 1. The molecular weight excluding hydrogens is 252 g/mol. The second-order valence-corrected chi connectivity index (χ2v) is 6.10. The summed E-state index contributed by atoms with van der Waals surface area (Å²) < 4.78 is 0. The van der Waals surface area contributed by atoms with E-state index in [0.717, 1.165) is 0 Å². The Morgan fingerprint density at radius 2 is 1.57 bits per heavy atom. The Labute approximate surface area is 130 Å². The van der Waals surface area contributed by atoms with Crippen molar-refractivity contribution in [1.29, 1.82) is 0 Å². The van der Waals surface area contributed by atoms with E-state index >= 15 is 0 Å². The topological polar surface area (TPSA) is 0 Å². The average molecular weight is 282 g/mol. The van der Waals surface area contributed by atoms with Gasteiger partial charge in [-0.15, -0.1) is 6.58 Å². The lowest BCUT2D eigenvalue weighted by atomic mass is 9.71. The fourth-order valence-corrected chi connectivity index (χ4v) is 2.74. The van der Waals surface area contributed by atoms with Crippen LogP contribution in [-0.2, 0) is 0 Å². The minimum absolute atomic E-state index is 0.405. The van der Waals surface area contributed by atoms with Crippen LogP contribution in [0.5, 0.6) is 0 Å². The molecule has 0 aliphatic heterocycles. The summed E-state index contributed by atoms with van der Waals surface area (Å²) in [6, 6.07) is 15.5.